The van der Waals surface area contributed by atoms with Gasteiger partial charge in [0.15, 0.2) is 0 Å². The van der Waals surface area contributed by atoms with Gasteiger partial charge in [-0.3, -0.25) is 9.69 Å². The minimum Gasteiger partial charge on any atom is -0.322 e. The number of carbonyl (C=O) groups excluding carboxylic acids is 1. The van der Waals surface area contributed by atoms with E-state index in [1.165, 1.54) is 5.56 Å². The highest BCUT2D eigenvalue weighted by Gasteiger charge is 2.22. The molecule has 0 bridgehead atoms. The van der Waals surface area contributed by atoms with Crippen LogP contribution in [-0.4, -0.2) is 47.0 Å². The molecule has 0 aliphatic carbocycles. The Morgan fingerprint density at radius 1 is 1.03 bits per heavy atom. The predicted molar refractivity (Wildman–Crippen MR) is 116 cm³/mol. The van der Waals surface area contributed by atoms with Crippen LogP contribution in [0.25, 0.3) is 10.9 Å². The first-order valence-electron chi connectivity index (χ1n) is 9.96. The number of nitrogens with one attached hydrogen (secondary N) is 2. The van der Waals surface area contributed by atoms with E-state index < -0.39 is 0 Å². The number of rotatable bonds is 3. The van der Waals surface area contributed by atoms with E-state index in [-0.39, 0.29) is 11.6 Å². The Morgan fingerprint density at radius 2 is 1.76 bits per heavy atom. The van der Waals surface area contributed by atoms with Crippen molar-refractivity contribution < 1.29 is 4.79 Å². The number of aromatic nitrogens is 1. The fourth-order valence-corrected chi connectivity index (χ4v) is 3.92. The van der Waals surface area contributed by atoms with Crippen LogP contribution >= 0.6 is 0 Å². The Hall–Kier alpha value is -3.12. The van der Waals surface area contributed by atoms with E-state index >= 15 is 0 Å². The lowest BCUT2D eigenvalue weighted by molar-refractivity contribution is 0.142. The Morgan fingerprint density at radius 3 is 2.48 bits per heavy atom. The van der Waals surface area contributed by atoms with Gasteiger partial charge in [-0.2, -0.15) is 0 Å². The summed E-state index contributed by atoms with van der Waals surface area (Å²) in [5.41, 5.74) is 4.71. The minimum absolute atomic E-state index is 0.0336. The fraction of sp³-hybridized carbons (Fsp3) is 0.304. The molecule has 2 aromatic carbocycles. The van der Waals surface area contributed by atoms with Gasteiger partial charge in [-0.25, -0.2) is 4.79 Å². The van der Waals surface area contributed by atoms with E-state index in [4.69, 9.17) is 0 Å². The molecule has 0 unspecified atom stereocenters. The van der Waals surface area contributed by atoms with Crippen molar-refractivity contribution in [2.75, 3.05) is 31.5 Å². The Balaban J connectivity index is 1.40. The number of amides is 2. The molecule has 0 radical (unpaired) electrons. The molecule has 1 aromatic heterocycles. The standard InChI is InChI=1S/C23H26N4O2/c1-16-12-17(2)21-18(13-16)14-19(22(28)25-21)15-26-8-10-27(11-9-26)23(29)24-20-6-4-3-5-7-20/h3-7,12-14H,8-11,15H2,1-2H3,(H,24,29)(H,25,28). The van der Waals surface area contributed by atoms with Crippen LogP contribution in [0.5, 0.6) is 0 Å². The summed E-state index contributed by atoms with van der Waals surface area (Å²) in [5, 5.41) is 4.00. The highest BCUT2D eigenvalue weighted by Crippen LogP contribution is 2.19. The van der Waals surface area contributed by atoms with E-state index in [0.29, 0.717) is 19.6 Å². The molecule has 2 heterocycles. The number of fused-ring (bicyclic) bond motifs is 1. The van der Waals surface area contributed by atoms with Gasteiger partial charge < -0.3 is 15.2 Å². The van der Waals surface area contributed by atoms with Crippen LogP contribution in [0.2, 0.25) is 0 Å². The second-order valence-corrected chi connectivity index (χ2v) is 7.73. The summed E-state index contributed by atoms with van der Waals surface area (Å²) in [6.45, 7) is 7.44. The third-order valence-electron chi connectivity index (χ3n) is 5.45. The second-order valence-electron chi connectivity index (χ2n) is 7.73. The maximum Gasteiger partial charge on any atom is 0.321 e. The lowest BCUT2D eigenvalue weighted by Crippen LogP contribution is -2.49. The number of urea groups is 1. The van der Waals surface area contributed by atoms with Crippen LogP contribution in [0, 0.1) is 13.8 Å². The number of pyridine rings is 1. The average molecular weight is 390 g/mol. The van der Waals surface area contributed by atoms with Crippen LogP contribution in [0.4, 0.5) is 10.5 Å². The first kappa shape index (κ1) is 19.2. The molecule has 4 rings (SSSR count). The zero-order valence-corrected chi connectivity index (χ0v) is 16.9. The number of hydrogen-bond acceptors (Lipinski definition) is 3. The largest absolute Gasteiger partial charge is 0.322 e. The lowest BCUT2D eigenvalue weighted by Gasteiger charge is -2.34. The van der Waals surface area contributed by atoms with Crippen LogP contribution < -0.4 is 10.9 Å². The quantitative estimate of drug-likeness (QED) is 0.719. The zero-order chi connectivity index (χ0) is 20.4. The molecule has 6 nitrogen and oxygen atoms in total. The molecule has 150 valence electrons. The molecule has 1 aliphatic heterocycles. The molecule has 0 spiro atoms. The number of carbonyl (C=O) groups is 1. The van der Waals surface area contributed by atoms with Crippen LogP contribution in [0.1, 0.15) is 16.7 Å². The summed E-state index contributed by atoms with van der Waals surface area (Å²) >= 11 is 0. The van der Waals surface area contributed by atoms with Gasteiger partial charge in [0.1, 0.15) is 0 Å². The van der Waals surface area contributed by atoms with E-state index in [2.05, 4.69) is 34.3 Å². The molecule has 6 heteroatoms. The molecular weight excluding hydrogens is 364 g/mol. The smallest absolute Gasteiger partial charge is 0.321 e. The van der Waals surface area contributed by atoms with Crippen LogP contribution in [0.15, 0.2) is 53.3 Å². The third kappa shape index (κ3) is 4.32. The molecule has 0 saturated carbocycles. The Kier molecular flexibility index (Phi) is 5.36. The SMILES string of the molecule is Cc1cc(C)c2[nH]c(=O)c(CN3CCN(C(=O)Nc4ccccc4)CC3)cc2c1. The Labute approximate surface area is 170 Å². The number of nitrogens with zero attached hydrogens (tertiary/aromatic N) is 2. The predicted octanol–water partition coefficient (Wildman–Crippen LogP) is 3.49. The number of para-hydroxylation sites is 1. The van der Waals surface area contributed by atoms with Gasteiger partial charge in [0.25, 0.3) is 5.56 Å². The van der Waals surface area contributed by atoms with Gasteiger partial charge in [-0.05, 0) is 49.1 Å². The number of benzene rings is 2. The molecule has 1 fully saturated rings. The number of aromatic amines is 1. The number of aryl methyl sites for hydroxylation is 2. The molecule has 2 N–H and O–H groups in total. The number of H-pyrrole nitrogens is 1. The number of hydrogen-bond donors (Lipinski definition) is 2. The van der Waals surface area contributed by atoms with Gasteiger partial charge in [0.05, 0.1) is 5.52 Å². The van der Waals surface area contributed by atoms with E-state index in [1.54, 1.807) is 0 Å². The van der Waals surface area contributed by atoms with Gasteiger partial charge in [0, 0.05) is 44.0 Å². The maximum absolute atomic E-state index is 12.6. The summed E-state index contributed by atoms with van der Waals surface area (Å²) < 4.78 is 0. The lowest BCUT2D eigenvalue weighted by atomic mass is 10.1. The molecule has 1 aliphatic rings. The highest BCUT2D eigenvalue weighted by molar-refractivity contribution is 5.89. The third-order valence-corrected chi connectivity index (χ3v) is 5.45. The summed E-state index contributed by atoms with van der Waals surface area (Å²) in [6.07, 6.45) is 0. The topological polar surface area (TPSA) is 68.4 Å². The van der Waals surface area contributed by atoms with Crippen LogP contribution in [0.3, 0.4) is 0 Å². The number of anilines is 1. The molecular formula is C23H26N4O2. The monoisotopic (exact) mass is 390 g/mol. The van der Waals surface area contributed by atoms with Gasteiger partial charge in [-0.1, -0.05) is 29.8 Å². The van der Waals surface area contributed by atoms with E-state index in [1.807, 2.05) is 48.2 Å². The number of piperazine rings is 1. The van der Waals surface area contributed by atoms with Gasteiger partial charge in [-0.15, -0.1) is 0 Å². The van der Waals surface area contributed by atoms with Crippen molar-refractivity contribution in [1.29, 1.82) is 0 Å². The average Bonchev–Trinajstić information content (AvgIpc) is 2.70. The van der Waals surface area contributed by atoms with Crippen molar-refractivity contribution in [2.45, 2.75) is 20.4 Å². The fourth-order valence-electron chi connectivity index (χ4n) is 3.92. The maximum atomic E-state index is 12.6. The van der Waals surface area contributed by atoms with Crippen molar-refractivity contribution in [3.63, 3.8) is 0 Å². The van der Waals surface area contributed by atoms with Crippen molar-refractivity contribution in [2.24, 2.45) is 0 Å². The first-order chi connectivity index (χ1) is 14.0. The zero-order valence-electron chi connectivity index (χ0n) is 16.9. The second kappa shape index (κ2) is 8.09. The van der Waals surface area contributed by atoms with E-state index in [9.17, 15) is 9.59 Å². The summed E-state index contributed by atoms with van der Waals surface area (Å²) in [4.78, 5) is 32.1. The highest BCUT2D eigenvalue weighted by atomic mass is 16.2. The van der Waals surface area contributed by atoms with Crippen molar-refractivity contribution >= 4 is 22.6 Å². The molecule has 2 amide bonds. The summed E-state index contributed by atoms with van der Waals surface area (Å²) in [5.74, 6) is 0. The van der Waals surface area contributed by atoms with E-state index in [0.717, 1.165) is 40.8 Å². The normalized spacial score (nSPS) is 14.9. The van der Waals surface area contributed by atoms with Crippen molar-refractivity contribution in [3.05, 3.63) is 75.6 Å². The minimum atomic E-state index is -0.0784. The van der Waals surface area contributed by atoms with Crippen LogP contribution in [-0.2, 0) is 6.54 Å². The van der Waals surface area contributed by atoms with Gasteiger partial charge in [0.2, 0.25) is 0 Å². The molecule has 1 saturated heterocycles. The summed E-state index contributed by atoms with van der Waals surface area (Å²) in [7, 11) is 0. The van der Waals surface area contributed by atoms with Crippen molar-refractivity contribution in [3.8, 4) is 0 Å². The molecule has 29 heavy (non-hydrogen) atoms. The molecule has 3 aromatic rings. The van der Waals surface area contributed by atoms with Gasteiger partial charge >= 0.3 is 6.03 Å². The summed E-state index contributed by atoms with van der Waals surface area (Å²) in [6, 6.07) is 15.6. The molecule has 0 atom stereocenters. The first-order valence-corrected chi connectivity index (χ1v) is 9.96. The van der Waals surface area contributed by atoms with Crippen molar-refractivity contribution in [1.82, 2.24) is 14.8 Å². The Bertz CT molecular complexity index is 1080.